The Kier molecular flexibility index (Phi) is 24.4. The van der Waals surface area contributed by atoms with E-state index < -0.39 is 88.1 Å². The summed E-state index contributed by atoms with van der Waals surface area (Å²) in [4.78, 5) is 0. The molecule has 436 valence electrons. The summed E-state index contributed by atoms with van der Waals surface area (Å²) in [6.07, 6.45) is 0. The van der Waals surface area contributed by atoms with Gasteiger partial charge in [0.05, 0.1) is 63.7 Å². The third-order valence-electron chi connectivity index (χ3n) is 17.2. The minimum atomic E-state index is -4.11. The standard InChI is InChI=1S/C10H22O7.6C10H13.O.2Sn/c11-1-9(2-12,3-13)7-17-8-10(4-14,5-15)6-16;6*1-10(2,3)9-7-5-4-6-8-9;;;/h11-16H,1-8H2;6*4-8H,1H2,2-3H3;;;. The van der Waals surface area contributed by atoms with E-state index in [-0.39, 0.29) is 45.7 Å². The normalized spacial score (nSPS) is 13.4. The molecule has 80 heavy (non-hydrogen) atoms. The monoisotopic (exact) mass is 1310 g/mol. The van der Waals surface area contributed by atoms with E-state index in [9.17, 15) is 1.41 Å². The van der Waals surface area contributed by atoms with Gasteiger partial charge in [0.2, 0.25) is 0 Å². The topological polar surface area (TPSA) is 140 Å². The van der Waals surface area contributed by atoms with Crippen molar-refractivity contribution in [3.8, 4) is 0 Å². The van der Waals surface area contributed by atoms with Gasteiger partial charge in [-0.25, -0.2) is 0 Å². The summed E-state index contributed by atoms with van der Waals surface area (Å²) in [5.74, 6) is 0. The molecule has 6 N–H and O–H groups in total. The minimum absolute atomic E-state index is 0.0900. The molecule has 0 bridgehead atoms. The molecule has 0 heterocycles. The van der Waals surface area contributed by atoms with E-state index in [0.717, 1.165) is 26.6 Å². The van der Waals surface area contributed by atoms with Gasteiger partial charge in [0.25, 0.3) is 0 Å². The molecule has 0 aliphatic carbocycles. The van der Waals surface area contributed by atoms with Gasteiger partial charge in [-0.05, 0) is 0 Å². The smallest absolute Gasteiger partial charge is 0.0629 e. The second kappa shape index (κ2) is 28.9. The molecule has 0 spiro atoms. The van der Waals surface area contributed by atoms with Crippen molar-refractivity contribution in [3.63, 3.8) is 0 Å². The van der Waals surface area contributed by atoms with E-state index in [1.54, 1.807) is 0 Å². The van der Waals surface area contributed by atoms with Crippen molar-refractivity contribution in [2.45, 2.75) is 142 Å². The van der Waals surface area contributed by atoms with Crippen molar-refractivity contribution in [2.24, 2.45) is 10.8 Å². The first-order chi connectivity index (χ1) is 37.7. The quantitative estimate of drug-likeness (QED) is 0.0245. The maximum absolute atomic E-state index is 9.39. The Balaban J connectivity index is 0.000000596. The van der Waals surface area contributed by atoms with Crippen LogP contribution in [0.25, 0.3) is 0 Å². The van der Waals surface area contributed by atoms with Crippen molar-refractivity contribution in [1.29, 1.82) is 0 Å². The van der Waals surface area contributed by atoms with Crippen LogP contribution in [0.1, 0.15) is 116 Å². The Bertz CT molecular complexity index is 2230. The molecule has 8 nitrogen and oxygen atoms in total. The third kappa shape index (κ3) is 18.3. The van der Waals surface area contributed by atoms with Gasteiger partial charge in [-0.2, -0.15) is 0 Å². The number of hydrogen-bond acceptors (Lipinski definition) is 8. The summed E-state index contributed by atoms with van der Waals surface area (Å²) < 4.78 is 21.2. The number of benzene rings is 6. The molecule has 0 saturated heterocycles. The number of ether oxygens (including phenoxy) is 1. The molecule has 0 aromatic heterocycles. The Hall–Kier alpha value is -3.40. The Morgan fingerprint density at radius 1 is 0.263 bits per heavy atom. The largest absolute Gasteiger partial charge is 0.396 e. The molecule has 6 aromatic carbocycles. The van der Waals surface area contributed by atoms with Crippen LogP contribution >= 0.6 is 0 Å². The number of rotatable bonds is 30. The average Bonchev–Trinajstić information content (AvgIpc) is 3.45. The molecule has 0 atom stereocenters. The van der Waals surface area contributed by atoms with Crippen LogP contribution in [0.3, 0.4) is 0 Å². The van der Waals surface area contributed by atoms with Crippen molar-refractivity contribution >= 4 is 37.6 Å². The van der Waals surface area contributed by atoms with Crippen LogP contribution in [0.4, 0.5) is 0 Å². The second-order valence-corrected chi connectivity index (χ2v) is 51.5. The molecule has 0 saturated carbocycles. The summed E-state index contributed by atoms with van der Waals surface area (Å²) >= 11 is -8.23. The Morgan fingerprint density at radius 3 is 0.550 bits per heavy atom. The zero-order chi connectivity index (χ0) is 59.0. The van der Waals surface area contributed by atoms with E-state index >= 15 is 0 Å². The zero-order valence-corrected chi connectivity index (χ0v) is 56.4. The van der Waals surface area contributed by atoms with Crippen LogP contribution in [0.2, 0.25) is 26.6 Å². The van der Waals surface area contributed by atoms with Crippen LogP contribution < -0.4 is 0 Å². The van der Waals surface area contributed by atoms with Gasteiger partial charge in [-0.1, -0.05) is 0 Å². The maximum Gasteiger partial charge on any atom is 0.0629 e. The second-order valence-electron chi connectivity index (χ2n) is 27.5. The molecule has 0 aliphatic heterocycles. The van der Waals surface area contributed by atoms with E-state index in [0.29, 0.717) is 0 Å². The third-order valence-corrected chi connectivity index (χ3v) is 62.4. The van der Waals surface area contributed by atoms with Gasteiger partial charge in [0, 0.05) is 0 Å². The number of aliphatic hydroxyl groups excluding tert-OH is 6. The molecule has 10 heteroatoms. The van der Waals surface area contributed by atoms with Crippen molar-refractivity contribution in [3.05, 3.63) is 215 Å². The average molecular weight is 1310 g/mol. The molecular formula is C70H100O8Sn2. The van der Waals surface area contributed by atoms with Crippen molar-refractivity contribution in [1.82, 2.24) is 0 Å². The van der Waals surface area contributed by atoms with Gasteiger partial charge in [0.1, 0.15) is 0 Å². The van der Waals surface area contributed by atoms with Gasteiger partial charge in [0.15, 0.2) is 0 Å². The van der Waals surface area contributed by atoms with E-state index in [4.69, 9.17) is 35.4 Å². The molecule has 0 amide bonds. The Labute approximate surface area is 491 Å². The van der Waals surface area contributed by atoms with Crippen LogP contribution in [0.5, 0.6) is 0 Å². The number of hydrogen-bond donors (Lipinski definition) is 6. The predicted molar refractivity (Wildman–Crippen MR) is 336 cm³/mol. The van der Waals surface area contributed by atoms with E-state index in [1.165, 1.54) is 33.4 Å². The molecule has 0 aliphatic rings. The van der Waals surface area contributed by atoms with Crippen molar-refractivity contribution < 1.29 is 36.8 Å². The summed E-state index contributed by atoms with van der Waals surface area (Å²) in [6, 6.07) is 68.6. The number of aliphatic hydroxyl groups is 6. The fraction of sp³-hybridized carbons (Fsp3) is 0.486. The van der Waals surface area contributed by atoms with Gasteiger partial charge < -0.3 is 35.4 Å². The fourth-order valence-corrected chi connectivity index (χ4v) is 75.8. The molecule has 0 radical (unpaired) electrons. The molecule has 6 rings (SSSR count). The van der Waals surface area contributed by atoms with Gasteiger partial charge >= 0.3 is 397 Å². The molecule has 0 fully saturated rings. The SMILES string of the molecule is CC(C)([CH2][Sn]([CH2]C(C)(C)c1ccccc1)([CH2]C(C)(C)c1ccccc1)[O][Sn]([CH2]C(C)(C)c1ccccc1)([CH2]C(C)(C)c1ccccc1)[CH2]C(C)(C)c1ccccc1)c1ccccc1.OCC(CO)(CO)COCC(CO)(CO)CO. The predicted octanol–water partition coefficient (Wildman–Crippen LogP) is 13.7. The summed E-state index contributed by atoms with van der Waals surface area (Å²) in [7, 11) is 0. The molecular weight excluding hydrogens is 1210 g/mol. The fourth-order valence-electron chi connectivity index (χ4n) is 12.9. The minimum Gasteiger partial charge on any atom is -0.396 e. The summed E-state index contributed by atoms with van der Waals surface area (Å²) in [5, 5.41) is 54.2. The molecule has 6 aromatic rings. The zero-order valence-electron chi connectivity index (χ0n) is 50.7. The van der Waals surface area contributed by atoms with Crippen LogP contribution in [0.15, 0.2) is 182 Å². The maximum atomic E-state index is 9.39. The molecule has 0 unspecified atom stereocenters. The van der Waals surface area contributed by atoms with E-state index in [2.05, 4.69) is 265 Å². The summed E-state index contributed by atoms with van der Waals surface area (Å²) in [5.41, 5.74) is 5.66. The first-order valence-electron chi connectivity index (χ1n) is 28.9. The first-order valence-corrected chi connectivity index (χ1v) is 43.4. The Morgan fingerprint density at radius 2 is 0.412 bits per heavy atom. The van der Waals surface area contributed by atoms with Gasteiger partial charge in [-0.15, -0.1) is 0 Å². The van der Waals surface area contributed by atoms with Crippen LogP contribution in [-0.2, 0) is 38.6 Å². The first kappa shape index (κ1) is 67.4. The van der Waals surface area contributed by atoms with Crippen molar-refractivity contribution in [2.75, 3.05) is 52.9 Å². The van der Waals surface area contributed by atoms with E-state index in [1.807, 2.05) is 0 Å². The van der Waals surface area contributed by atoms with Gasteiger partial charge in [-0.3, -0.25) is 0 Å². The summed E-state index contributed by atoms with van der Waals surface area (Å²) in [6.45, 7) is 27.4. The van der Waals surface area contributed by atoms with Crippen LogP contribution in [-0.4, -0.2) is 121 Å². The van der Waals surface area contributed by atoms with Crippen LogP contribution in [0, 0.1) is 10.8 Å².